The first kappa shape index (κ1) is 17.6. The van der Waals surface area contributed by atoms with Gasteiger partial charge in [-0.1, -0.05) is 30.3 Å². The van der Waals surface area contributed by atoms with Crippen molar-refractivity contribution >= 4 is 34.1 Å². The second-order valence-electron chi connectivity index (χ2n) is 6.34. The van der Waals surface area contributed by atoms with Gasteiger partial charge in [0.1, 0.15) is 0 Å². The molecule has 8 nitrogen and oxygen atoms in total. The fraction of sp³-hybridized carbons (Fsp3) is 0.333. The van der Waals surface area contributed by atoms with E-state index in [9.17, 15) is 9.59 Å². The van der Waals surface area contributed by atoms with Crippen LogP contribution in [-0.2, 0) is 14.3 Å². The van der Waals surface area contributed by atoms with Gasteiger partial charge in [0.25, 0.3) is 0 Å². The number of thiazole rings is 1. The molecule has 0 spiro atoms. The largest absolute Gasteiger partial charge is 0.383 e. The highest BCUT2D eigenvalue weighted by Gasteiger charge is 2.34. The number of nitrogens with one attached hydrogen (secondary N) is 1. The smallest absolute Gasteiger partial charge is 0.250 e. The van der Waals surface area contributed by atoms with Gasteiger partial charge >= 0.3 is 0 Å². The lowest BCUT2D eigenvalue weighted by molar-refractivity contribution is -0.128. The minimum Gasteiger partial charge on any atom is -0.383 e. The molecular formula is C18H19N5O3S. The van der Waals surface area contributed by atoms with Gasteiger partial charge in [0.05, 0.1) is 18.2 Å². The summed E-state index contributed by atoms with van der Waals surface area (Å²) in [6.45, 7) is 1.35. The molecule has 1 unspecified atom stereocenters. The molecule has 0 saturated carbocycles. The Bertz CT molecular complexity index is 968. The van der Waals surface area contributed by atoms with Crippen LogP contribution in [0.4, 0.5) is 5.95 Å². The molecule has 3 heterocycles. The molecule has 0 bridgehead atoms. The number of benzene rings is 1. The second kappa shape index (κ2) is 7.45. The van der Waals surface area contributed by atoms with Crippen molar-refractivity contribution in [2.24, 2.45) is 5.92 Å². The monoisotopic (exact) mass is 385 g/mol. The van der Waals surface area contributed by atoms with Crippen LogP contribution >= 0.6 is 11.3 Å². The summed E-state index contributed by atoms with van der Waals surface area (Å²) in [6, 6.07) is 9.88. The SMILES string of the molecule is COCCN1CC(C(=O)Nc2nc3scc(-c4ccccc4)n3n2)CC1=O. The number of nitrogens with zero attached hydrogens (tertiary/aromatic N) is 4. The lowest BCUT2D eigenvalue weighted by Gasteiger charge is -2.15. The van der Waals surface area contributed by atoms with Crippen LogP contribution in [0.5, 0.6) is 0 Å². The van der Waals surface area contributed by atoms with Gasteiger partial charge in [-0.15, -0.1) is 16.4 Å². The first-order chi connectivity index (χ1) is 13.2. The number of hydrogen-bond acceptors (Lipinski definition) is 6. The molecule has 1 saturated heterocycles. The molecule has 0 aliphatic carbocycles. The average molecular weight is 385 g/mol. The molecule has 1 aliphatic rings. The van der Waals surface area contributed by atoms with Gasteiger partial charge in [0.2, 0.25) is 22.7 Å². The van der Waals surface area contributed by atoms with E-state index in [-0.39, 0.29) is 24.2 Å². The summed E-state index contributed by atoms with van der Waals surface area (Å²) in [4.78, 5) is 31.3. The molecule has 1 aliphatic heterocycles. The van der Waals surface area contributed by atoms with Crippen LogP contribution in [0, 0.1) is 5.92 Å². The Morgan fingerprint density at radius 1 is 1.37 bits per heavy atom. The number of carbonyl (C=O) groups excluding carboxylic acids is 2. The van der Waals surface area contributed by atoms with Crippen molar-refractivity contribution in [3.8, 4) is 11.3 Å². The van der Waals surface area contributed by atoms with Crippen LogP contribution in [0.25, 0.3) is 16.2 Å². The number of carbonyl (C=O) groups is 2. The van der Waals surface area contributed by atoms with Crippen LogP contribution in [0.3, 0.4) is 0 Å². The fourth-order valence-electron chi connectivity index (χ4n) is 3.12. The van der Waals surface area contributed by atoms with Crippen molar-refractivity contribution in [3.63, 3.8) is 0 Å². The van der Waals surface area contributed by atoms with Crippen LogP contribution in [0.2, 0.25) is 0 Å². The summed E-state index contributed by atoms with van der Waals surface area (Å²) >= 11 is 1.46. The molecular weight excluding hydrogens is 366 g/mol. The number of aromatic nitrogens is 3. The maximum atomic E-state index is 12.5. The Kier molecular flexibility index (Phi) is 4.87. The summed E-state index contributed by atoms with van der Waals surface area (Å²) in [5.74, 6) is -0.406. The predicted octanol–water partition coefficient (Wildman–Crippen LogP) is 1.89. The van der Waals surface area contributed by atoms with Crippen LogP contribution in [0.15, 0.2) is 35.7 Å². The quantitative estimate of drug-likeness (QED) is 0.700. The molecule has 0 radical (unpaired) electrons. The Balaban J connectivity index is 1.47. The number of anilines is 1. The fourth-order valence-corrected chi connectivity index (χ4v) is 3.95. The van der Waals surface area contributed by atoms with Gasteiger partial charge in [-0.25, -0.2) is 4.52 Å². The predicted molar refractivity (Wildman–Crippen MR) is 101 cm³/mol. The third-order valence-corrected chi connectivity index (χ3v) is 5.35. The zero-order valence-corrected chi connectivity index (χ0v) is 15.6. The van der Waals surface area contributed by atoms with E-state index in [0.717, 1.165) is 11.3 Å². The van der Waals surface area contributed by atoms with Crippen molar-refractivity contribution in [2.45, 2.75) is 6.42 Å². The second-order valence-corrected chi connectivity index (χ2v) is 7.18. The molecule has 9 heteroatoms. The average Bonchev–Trinajstić information content (AvgIpc) is 3.35. The molecule has 1 fully saturated rings. The van der Waals surface area contributed by atoms with Gasteiger partial charge in [0, 0.05) is 37.6 Å². The zero-order valence-electron chi connectivity index (χ0n) is 14.8. The maximum Gasteiger partial charge on any atom is 0.250 e. The van der Waals surface area contributed by atoms with Crippen molar-refractivity contribution < 1.29 is 14.3 Å². The number of ether oxygens (including phenoxy) is 1. The number of fused-ring (bicyclic) bond motifs is 1. The molecule has 1 atom stereocenters. The number of methoxy groups -OCH3 is 1. The summed E-state index contributed by atoms with van der Waals surface area (Å²) in [5.41, 5.74) is 1.95. The van der Waals surface area contributed by atoms with Crippen molar-refractivity contribution in [1.29, 1.82) is 0 Å². The van der Waals surface area contributed by atoms with Crippen molar-refractivity contribution in [2.75, 3.05) is 32.1 Å². The third kappa shape index (κ3) is 3.56. The highest BCUT2D eigenvalue weighted by molar-refractivity contribution is 7.15. The number of likely N-dealkylation sites (tertiary alicyclic amines) is 1. The number of amides is 2. The lowest BCUT2D eigenvalue weighted by atomic mass is 10.1. The van der Waals surface area contributed by atoms with E-state index in [4.69, 9.17) is 4.74 Å². The zero-order chi connectivity index (χ0) is 18.8. The van der Waals surface area contributed by atoms with E-state index >= 15 is 0 Å². The Morgan fingerprint density at radius 2 is 2.19 bits per heavy atom. The Morgan fingerprint density at radius 3 is 2.96 bits per heavy atom. The molecule has 4 rings (SSSR count). The molecule has 3 aromatic rings. The normalized spacial score (nSPS) is 17.0. The van der Waals surface area contributed by atoms with E-state index in [1.807, 2.05) is 35.7 Å². The first-order valence-electron chi connectivity index (χ1n) is 8.63. The highest BCUT2D eigenvalue weighted by Crippen LogP contribution is 2.26. The molecule has 1 aromatic carbocycles. The lowest BCUT2D eigenvalue weighted by Crippen LogP contribution is -2.31. The van der Waals surface area contributed by atoms with Crippen molar-refractivity contribution in [1.82, 2.24) is 19.5 Å². The molecule has 2 amide bonds. The Hall–Kier alpha value is -2.78. The Labute approximate surface area is 159 Å². The standard InChI is InChI=1S/C18H19N5O3S/c1-26-8-7-22-10-13(9-15(22)24)16(25)19-17-20-18-23(21-17)14(11-27-18)12-5-3-2-4-6-12/h2-6,11,13H,7-10H2,1H3,(H,19,21,25). The molecule has 140 valence electrons. The van der Waals surface area contributed by atoms with Crippen LogP contribution in [0.1, 0.15) is 6.42 Å². The van der Waals surface area contributed by atoms with Crippen LogP contribution < -0.4 is 5.32 Å². The van der Waals surface area contributed by atoms with E-state index in [1.165, 1.54) is 11.3 Å². The van der Waals surface area contributed by atoms with Crippen LogP contribution in [-0.4, -0.2) is 58.1 Å². The third-order valence-electron chi connectivity index (χ3n) is 4.54. The minimum absolute atomic E-state index is 0.0302. The topological polar surface area (TPSA) is 88.8 Å². The van der Waals surface area contributed by atoms with Gasteiger partial charge in [-0.3, -0.25) is 14.9 Å². The van der Waals surface area contributed by atoms with Gasteiger partial charge < -0.3 is 9.64 Å². The highest BCUT2D eigenvalue weighted by atomic mass is 32.1. The first-order valence-corrected chi connectivity index (χ1v) is 9.51. The van der Waals surface area contributed by atoms with E-state index in [2.05, 4.69) is 15.4 Å². The van der Waals surface area contributed by atoms with Gasteiger partial charge in [0.15, 0.2) is 0 Å². The summed E-state index contributed by atoms with van der Waals surface area (Å²) in [6.07, 6.45) is 0.201. The molecule has 2 aromatic heterocycles. The molecule has 1 N–H and O–H groups in total. The van der Waals surface area contributed by atoms with E-state index in [0.29, 0.717) is 24.7 Å². The number of rotatable bonds is 6. The minimum atomic E-state index is -0.399. The maximum absolute atomic E-state index is 12.5. The summed E-state index contributed by atoms with van der Waals surface area (Å²) < 4.78 is 6.72. The molecule has 27 heavy (non-hydrogen) atoms. The summed E-state index contributed by atoms with van der Waals surface area (Å²) in [7, 11) is 1.59. The summed E-state index contributed by atoms with van der Waals surface area (Å²) in [5, 5.41) is 9.15. The van der Waals surface area contributed by atoms with Gasteiger partial charge in [-0.2, -0.15) is 4.98 Å². The van der Waals surface area contributed by atoms with Crippen molar-refractivity contribution in [3.05, 3.63) is 35.7 Å². The number of hydrogen-bond donors (Lipinski definition) is 1. The van der Waals surface area contributed by atoms with Gasteiger partial charge in [-0.05, 0) is 0 Å². The van der Waals surface area contributed by atoms with E-state index < -0.39 is 5.92 Å². The van der Waals surface area contributed by atoms with E-state index in [1.54, 1.807) is 16.5 Å².